The van der Waals surface area contributed by atoms with Crippen LogP contribution in [0.1, 0.15) is 28.4 Å². The lowest BCUT2D eigenvalue weighted by atomic mass is 9.97. The fourth-order valence-electron chi connectivity index (χ4n) is 2.13. The minimum Gasteiger partial charge on any atom is -0.398 e. The molecule has 2 aromatic carbocycles. The van der Waals surface area contributed by atoms with Crippen molar-refractivity contribution in [1.82, 2.24) is 0 Å². The first-order valence-electron chi connectivity index (χ1n) is 5.78. The van der Waals surface area contributed by atoms with Gasteiger partial charge in [0.1, 0.15) is 6.10 Å². The van der Waals surface area contributed by atoms with E-state index >= 15 is 0 Å². The molecule has 18 heavy (non-hydrogen) atoms. The molecule has 0 aliphatic rings. The Kier molecular flexibility index (Phi) is 3.73. The smallest absolute Gasteiger partial charge is 0.106 e. The molecule has 2 rings (SSSR count). The molecule has 0 aliphatic carbocycles. The van der Waals surface area contributed by atoms with Gasteiger partial charge in [0.15, 0.2) is 0 Å². The van der Waals surface area contributed by atoms with Gasteiger partial charge in [0.2, 0.25) is 0 Å². The summed E-state index contributed by atoms with van der Waals surface area (Å²) in [7, 11) is 0. The van der Waals surface area contributed by atoms with Crippen molar-refractivity contribution >= 4 is 21.6 Å². The molecule has 0 fully saturated rings. The van der Waals surface area contributed by atoms with Gasteiger partial charge >= 0.3 is 0 Å². The van der Waals surface area contributed by atoms with E-state index in [0.29, 0.717) is 5.69 Å². The van der Waals surface area contributed by atoms with Crippen molar-refractivity contribution < 1.29 is 5.11 Å². The van der Waals surface area contributed by atoms with Crippen LogP contribution in [0.5, 0.6) is 0 Å². The van der Waals surface area contributed by atoms with Crippen molar-refractivity contribution in [2.75, 3.05) is 5.73 Å². The summed E-state index contributed by atoms with van der Waals surface area (Å²) in [6.45, 7) is 4.04. The van der Waals surface area contributed by atoms with Crippen LogP contribution in [0.25, 0.3) is 0 Å². The van der Waals surface area contributed by atoms with Crippen molar-refractivity contribution in [3.63, 3.8) is 0 Å². The third kappa shape index (κ3) is 2.74. The first-order chi connectivity index (χ1) is 8.47. The number of anilines is 1. The number of hydrogen-bond donors (Lipinski definition) is 2. The Hall–Kier alpha value is -1.32. The van der Waals surface area contributed by atoms with Gasteiger partial charge < -0.3 is 10.8 Å². The van der Waals surface area contributed by atoms with Crippen LogP contribution in [0.4, 0.5) is 5.69 Å². The van der Waals surface area contributed by atoms with Crippen LogP contribution >= 0.6 is 15.9 Å². The van der Waals surface area contributed by atoms with E-state index in [1.807, 2.05) is 38.1 Å². The number of nitrogens with two attached hydrogens (primary N) is 1. The minimum atomic E-state index is -0.693. The largest absolute Gasteiger partial charge is 0.398 e. The molecule has 0 bridgehead atoms. The number of halogens is 1. The summed E-state index contributed by atoms with van der Waals surface area (Å²) in [5.74, 6) is 0. The second kappa shape index (κ2) is 5.12. The number of aliphatic hydroxyl groups excluding tert-OH is 1. The predicted octanol–water partition coefficient (Wildman–Crippen LogP) is 3.73. The molecule has 94 valence electrons. The van der Waals surface area contributed by atoms with Crippen molar-refractivity contribution in [3.05, 3.63) is 63.1 Å². The summed E-state index contributed by atoms with van der Waals surface area (Å²) in [5, 5.41) is 10.4. The monoisotopic (exact) mass is 305 g/mol. The molecule has 2 nitrogen and oxygen atoms in total. The van der Waals surface area contributed by atoms with E-state index in [2.05, 4.69) is 22.0 Å². The molecule has 0 radical (unpaired) electrons. The SMILES string of the molecule is Cc1cc(C)cc(C(O)c2cc(Br)ccc2N)c1. The van der Waals surface area contributed by atoms with Crippen LogP contribution in [0.15, 0.2) is 40.9 Å². The molecular formula is C15H16BrNO. The second-order valence-electron chi connectivity index (χ2n) is 4.60. The number of rotatable bonds is 2. The molecule has 2 aromatic rings. The molecule has 0 aliphatic heterocycles. The van der Waals surface area contributed by atoms with Crippen molar-refractivity contribution in [1.29, 1.82) is 0 Å². The summed E-state index contributed by atoms with van der Waals surface area (Å²) in [5.41, 5.74) is 10.4. The standard InChI is InChI=1S/C15H16BrNO/c1-9-5-10(2)7-11(6-9)15(18)13-8-12(16)3-4-14(13)17/h3-8,15,18H,17H2,1-2H3. The average Bonchev–Trinajstić information content (AvgIpc) is 2.30. The Balaban J connectivity index is 2.47. The summed E-state index contributed by atoms with van der Waals surface area (Å²) in [6, 6.07) is 11.6. The number of aliphatic hydroxyl groups is 1. The van der Waals surface area contributed by atoms with Crippen LogP contribution in [-0.2, 0) is 0 Å². The Morgan fingerprint density at radius 2 is 1.67 bits per heavy atom. The van der Waals surface area contributed by atoms with E-state index in [0.717, 1.165) is 26.7 Å². The highest BCUT2D eigenvalue weighted by molar-refractivity contribution is 9.10. The quantitative estimate of drug-likeness (QED) is 0.831. The zero-order valence-corrected chi connectivity index (χ0v) is 12.0. The number of nitrogen functional groups attached to an aromatic ring is 1. The van der Waals surface area contributed by atoms with Crippen LogP contribution in [0.3, 0.4) is 0 Å². The molecule has 0 heterocycles. The van der Waals surface area contributed by atoms with Crippen molar-refractivity contribution in [3.8, 4) is 0 Å². The van der Waals surface area contributed by atoms with Crippen molar-refractivity contribution in [2.24, 2.45) is 0 Å². The van der Waals surface area contributed by atoms with Crippen LogP contribution < -0.4 is 5.73 Å². The topological polar surface area (TPSA) is 46.2 Å². The van der Waals surface area contributed by atoms with E-state index < -0.39 is 6.10 Å². The third-order valence-electron chi connectivity index (χ3n) is 2.90. The highest BCUT2D eigenvalue weighted by atomic mass is 79.9. The Bertz CT molecular complexity index is 560. The number of aryl methyl sites for hydroxylation is 2. The molecule has 0 spiro atoms. The van der Waals surface area contributed by atoms with Gasteiger partial charge in [-0.05, 0) is 37.6 Å². The molecular weight excluding hydrogens is 290 g/mol. The molecule has 0 saturated heterocycles. The van der Waals surface area contributed by atoms with Crippen LogP contribution in [-0.4, -0.2) is 5.11 Å². The zero-order chi connectivity index (χ0) is 13.3. The van der Waals surface area contributed by atoms with Crippen molar-refractivity contribution in [2.45, 2.75) is 20.0 Å². The highest BCUT2D eigenvalue weighted by Crippen LogP contribution is 2.30. The average molecular weight is 306 g/mol. The van der Waals surface area contributed by atoms with Gasteiger partial charge in [0, 0.05) is 15.7 Å². The normalized spacial score (nSPS) is 12.4. The zero-order valence-electron chi connectivity index (χ0n) is 10.4. The van der Waals surface area contributed by atoms with E-state index in [9.17, 15) is 5.11 Å². The van der Waals surface area contributed by atoms with Crippen LogP contribution in [0, 0.1) is 13.8 Å². The Morgan fingerprint density at radius 3 is 2.28 bits per heavy atom. The summed E-state index contributed by atoms with van der Waals surface area (Å²) in [6.07, 6.45) is -0.693. The third-order valence-corrected chi connectivity index (χ3v) is 3.40. The van der Waals surface area contributed by atoms with Gasteiger partial charge in [-0.25, -0.2) is 0 Å². The minimum absolute atomic E-state index is 0.602. The van der Waals surface area contributed by atoms with E-state index in [1.165, 1.54) is 0 Å². The first kappa shape index (κ1) is 13.1. The van der Waals surface area contributed by atoms with Gasteiger partial charge in [0.25, 0.3) is 0 Å². The Morgan fingerprint density at radius 1 is 1.06 bits per heavy atom. The first-order valence-corrected chi connectivity index (χ1v) is 6.58. The highest BCUT2D eigenvalue weighted by Gasteiger charge is 2.14. The summed E-state index contributed by atoms with van der Waals surface area (Å²) < 4.78 is 0.912. The molecule has 0 saturated carbocycles. The molecule has 3 heteroatoms. The van der Waals surface area contributed by atoms with E-state index in [4.69, 9.17) is 5.73 Å². The lowest BCUT2D eigenvalue weighted by molar-refractivity contribution is 0.221. The van der Waals surface area contributed by atoms with E-state index in [-0.39, 0.29) is 0 Å². The van der Waals surface area contributed by atoms with Gasteiger partial charge in [0.05, 0.1) is 0 Å². The molecule has 0 aromatic heterocycles. The molecule has 0 amide bonds. The number of hydrogen-bond acceptors (Lipinski definition) is 2. The predicted molar refractivity (Wildman–Crippen MR) is 78.5 cm³/mol. The lowest BCUT2D eigenvalue weighted by Crippen LogP contribution is -2.04. The maximum atomic E-state index is 10.4. The fraction of sp³-hybridized carbons (Fsp3) is 0.200. The maximum Gasteiger partial charge on any atom is 0.106 e. The van der Waals surface area contributed by atoms with E-state index in [1.54, 1.807) is 6.07 Å². The summed E-state index contributed by atoms with van der Waals surface area (Å²) in [4.78, 5) is 0. The van der Waals surface area contributed by atoms with Gasteiger partial charge in [-0.2, -0.15) is 0 Å². The van der Waals surface area contributed by atoms with Gasteiger partial charge in [-0.3, -0.25) is 0 Å². The fourth-order valence-corrected chi connectivity index (χ4v) is 2.51. The maximum absolute atomic E-state index is 10.4. The van der Waals surface area contributed by atoms with Gasteiger partial charge in [-0.1, -0.05) is 45.3 Å². The Labute approximate surface area is 116 Å². The van der Waals surface area contributed by atoms with Crippen LogP contribution in [0.2, 0.25) is 0 Å². The molecule has 1 atom stereocenters. The number of benzene rings is 2. The lowest BCUT2D eigenvalue weighted by Gasteiger charge is -2.15. The second-order valence-corrected chi connectivity index (χ2v) is 5.51. The van der Waals surface area contributed by atoms with Gasteiger partial charge in [-0.15, -0.1) is 0 Å². The summed E-state index contributed by atoms with van der Waals surface area (Å²) >= 11 is 3.40. The molecule has 3 N–H and O–H groups in total. The molecule has 1 unspecified atom stereocenters.